The molecular weight excluding hydrogens is 254 g/mol. The lowest BCUT2D eigenvalue weighted by atomic mass is 10.2. The molecule has 0 aliphatic rings. The number of benzene rings is 1. The summed E-state index contributed by atoms with van der Waals surface area (Å²) >= 11 is 0. The minimum Gasteiger partial charge on any atom is -0.494 e. The predicted octanol–water partition coefficient (Wildman–Crippen LogP) is 2.95. The van der Waals surface area contributed by atoms with Crippen molar-refractivity contribution in [3.8, 4) is 5.75 Å². The fourth-order valence-electron chi connectivity index (χ4n) is 2.05. The summed E-state index contributed by atoms with van der Waals surface area (Å²) < 4.78 is 5.68. The maximum absolute atomic E-state index is 10.8. The zero-order valence-electron chi connectivity index (χ0n) is 12.6. The van der Waals surface area contributed by atoms with E-state index in [1.54, 1.807) is 0 Å². The van der Waals surface area contributed by atoms with Gasteiger partial charge in [0.1, 0.15) is 5.75 Å². The summed E-state index contributed by atoms with van der Waals surface area (Å²) in [5.74, 6) is 0.100. The Labute approximate surface area is 121 Å². The van der Waals surface area contributed by atoms with E-state index in [2.05, 4.69) is 13.8 Å². The number of carbonyl (C=O) groups is 1. The van der Waals surface area contributed by atoms with Crippen LogP contribution in [0.3, 0.4) is 0 Å². The van der Waals surface area contributed by atoms with Crippen LogP contribution in [0.5, 0.6) is 5.75 Å². The van der Waals surface area contributed by atoms with Crippen LogP contribution in [0.15, 0.2) is 24.3 Å². The van der Waals surface area contributed by atoms with Gasteiger partial charge in [0, 0.05) is 12.6 Å². The number of aryl methyl sites for hydroxylation is 1. The Hall–Kier alpha value is -1.55. The van der Waals surface area contributed by atoms with Gasteiger partial charge in [0.05, 0.1) is 13.2 Å². The molecule has 0 radical (unpaired) electrons. The van der Waals surface area contributed by atoms with Crippen molar-refractivity contribution in [1.82, 2.24) is 4.90 Å². The number of rotatable bonds is 9. The standard InChI is InChI=1S/C16H25NO3/c1-4-14(3)17(12-16(18)19)9-6-10-20-15-8-5-7-13(2)11-15/h5,7-8,11,14H,4,6,9-10,12H2,1-3H3,(H,18,19). The first-order valence-electron chi connectivity index (χ1n) is 7.18. The van der Waals surface area contributed by atoms with Crippen molar-refractivity contribution in [2.45, 2.75) is 39.7 Å². The molecule has 1 rings (SSSR count). The zero-order valence-corrected chi connectivity index (χ0v) is 12.6. The maximum Gasteiger partial charge on any atom is 0.317 e. The second-order valence-electron chi connectivity index (χ2n) is 5.14. The van der Waals surface area contributed by atoms with Crippen LogP contribution in [0.2, 0.25) is 0 Å². The Balaban J connectivity index is 2.35. The Bertz CT molecular complexity index is 420. The van der Waals surface area contributed by atoms with Gasteiger partial charge in [0.2, 0.25) is 0 Å². The van der Waals surface area contributed by atoms with Gasteiger partial charge in [-0.05, 0) is 44.4 Å². The summed E-state index contributed by atoms with van der Waals surface area (Å²) in [5.41, 5.74) is 1.18. The van der Waals surface area contributed by atoms with Crippen LogP contribution in [0, 0.1) is 6.92 Å². The molecule has 1 atom stereocenters. The first-order valence-corrected chi connectivity index (χ1v) is 7.18. The minimum atomic E-state index is -0.773. The van der Waals surface area contributed by atoms with Gasteiger partial charge in [0.25, 0.3) is 0 Å². The van der Waals surface area contributed by atoms with Crippen molar-refractivity contribution >= 4 is 5.97 Å². The Kier molecular flexibility index (Phi) is 7.09. The van der Waals surface area contributed by atoms with E-state index >= 15 is 0 Å². The Morgan fingerprint density at radius 2 is 2.20 bits per heavy atom. The van der Waals surface area contributed by atoms with Gasteiger partial charge in [-0.2, -0.15) is 0 Å². The topological polar surface area (TPSA) is 49.8 Å². The maximum atomic E-state index is 10.8. The largest absolute Gasteiger partial charge is 0.494 e. The van der Waals surface area contributed by atoms with E-state index in [-0.39, 0.29) is 12.6 Å². The summed E-state index contributed by atoms with van der Waals surface area (Å²) in [7, 11) is 0. The zero-order chi connectivity index (χ0) is 15.0. The highest BCUT2D eigenvalue weighted by atomic mass is 16.5. The van der Waals surface area contributed by atoms with Gasteiger partial charge in [-0.3, -0.25) is 9.69 Å². The first kappa shape index (κ1) is 16.5. The fourth-order valence-corrected chi connectivity index (χ4v) is 2.05. The monoisotopic (exact) mass is 279 g/mol. The molecule has 0 bridgehead atoms. The minimum absolute atomic E-state index is 0.0967. The van der Waals surface area contributed by atoms with Crippen molar-refractivity contribution in [2.24, 2.45) is 0 Å². The molecule has 0 fully saturated rings. The molecule has 20 heavy (non-hydrogen) atoms. The second-order valence-corrected chi connectivity index (χ2v) is 5.14. The van der Waals surface area contributed by atoms with Gasteiger partial charge in [0.15, 0.2) is 0 Å². The highest BCUT2D eigenvalue weighted by molar-refractivity contribution is 5.69. The number of hydrogen-bond donors (Lipinski definition) is 1. The van der Waals surface area contributed by atoms with Crippen molar-refractivity contribution in [3.05, 3.63) is 29.8 Å². The van der Waals surface area contributed by atoms with Crippen LogP contribution in [0.4, 0.5) is 0 Å². The van der Waals surface area contributed by atoms with Gasteiger partial charge in [-0.1, -0.05) is 19.1 Å². The summed E-state index contributed by atoms with van der Waals surface area (Å²) in [6.45, 7) is 7.61. The van der Waals surface area contributed by atoms with Crippen LogP contribution >= 0.6 is 0 Å². The van der Waals surface area contributed by atoms with E-state index in [4.69, 9.17) is 9.84 Å². The third-order valence-corrected chi connectivity index (χ3v) is 3.40. The van der Waals surface area contributed by atoms with Gasteiger partial charge in [-0.15, -0.1) is 0 Å². The van der Waals surface area contributed by atoms with E-state index in [1.807, 2.05) is 36.1 Å². The van der Waals surface area contributed by atoms with E-state index in [1.165, 1.54) is 5.56 Å². The molecule has 1 aromatic rings. The SMILES string of the molecule is CCC(C)N(CCCOc1cccc(C)c1)CC(=O)O. The molecule has 0 amide bonds. The van der Waals surface area contributed by atoms with Crippen molar-refractivity contribution in [3.63, 3.8) is 0 Å². The van der Waals surface area contributed by atoms with Crippen LogP contribution in [-0.4, -0.2) is 41.7 Å². The molecule has 0 saturated carbocycles. The third-order valence-electron chi connectivity index (χ3n) is 3.40. The van der Waals surface area contributed by atoms with Crippen LogP contribution in [-0.2, 0) is 4.79 Å². The average molecular weight is 279 g/mol. The normalized spacial score (nSPS) is 12.4. The van der Waals surface area contributed by atoms with Gasteiger partial charge >= 0.3 is 5.97 Å². The lowest BCUT2D eigenvalue weighted by Gasteiger charge is -2.26. The quantitative estimate of drug-likeness (QED) is 0.706. The molecule has 4 heteroatoms. The summed E-state index contributed by atoms with van der Waals surface area (Å²) in [5, 5.41) is 8.92. The van der Waals surface area contributed by atoms with Crippen LogP contribution in [0.1, 0.15) is 32.3 Å². The molecule has 1 aromatic carbocycles. The van der Waals surface area contributed by atoms with E-state index in [0.29, 0.717) is 6.61 Å². The highest BCUT2D eigenvalue weighted by Crippen LogP contribution is 2.12. The average Bonchev–Trinajstić information content (AvgIpc) is 2.41. The van der Waals surface area contributed by atoms with Gasteiger partial charge in [-0.25, -0.2) is 0 Å². The van der Waals surface area contributed by atoms with E-state index in [0.717, 1.165) is 25.1 Å². The van der Waals surface area contributed by atoms with E-state index in [9.17, 15) is 4.79 Å². The molecule has 1 unspecified atom stereocenters. The highest BCUT2D eigenvalue weighted by Gasteiger charge is 2.14. The van der Waals surface area contributed by atoms with Crippen molar-refractivity contribution < 1.29 is 14.6 Å². The summed E-state index contributed by atoms with van der Waals surface area (Å²) in [6, 6.07) is 8.23. The smallest absolute Gasteiger partial charge is 0.317 e. The van der Waals surface area contributed by atoms with Gasteiger partial charge < -0.3 is 9.84 Å². The lowest BCUT2D eigenvalue weighted by molar-refractivity contribution is -0.138. The number of carboxylic acid groups (broad SMARTS) is 1. The summed E-state index contributed by atoms with van der Waals surface area (Å²) in [6.07, 6.45) is 1.78. The Morgan fingerprint density at radius 3 is 2.80 bits per heavy atom. The number of nitrogens with zero attached hydrogens (tertiary/aromatic N) is 1. The molecule has 0 spiro atoms. The van der Waals surface area contributed by atoms with Crippen LogP contribution in [0.25, 0.3) is 0 Å². The van der Waals surface area contributed by atoms with Crippen molar-refractivity contribution in [2.75, 3.05) is 19.7 Å². The third kappa shape index (κ3) is 6.06. The van der Waals surface area contributed by atoms with Crippen molar-refractivity contribution in [1.29, 1.82) is 0 Å². The second kappa shape index (κ2) is 8.59. The Morgan fingerprint density at radius 1 is 1.45 bits per heavy atom. The molecular formula is C16H25NO3. The molecule has 0 aliphatic heterocycles. The summed E-state index contributed by atoms with van der Waals surface area (Å²) in [4.78, 5) is 12.8. The first-order chi connectivity index (χ1) is 9.52. The molecule has 112 valence electrons. The number of aliphatic carboxylic acids is 1. The predicted molar refractivity (Wildman–Crippen MR) is 80.3 cm³/mol. The fraction of sp³-hybridized carbons (Fsp3) is 0.562. The molecule has 0 heterocycles. The molecule has 4 nitrogen and oxygen atoms in total. The number of carboxylic acids is 1. The molecule has 0 aliphatic carbocycles. The number of ether oxygens (including phenoxy) is 1. The molecule has 0 saturated heterocycles. The number of hydrogen-bond acceptors (Lipinski definition) is 3. The van der Waals surface area contributed by atoms with Crippen LogP contribution < -0.4 is 4.74 Å². The molecule has 1 N–H and O–H groups in total. The lowest BCUT2D eigenvalue weighted by Crippen LogP contribution is -2.38. The molecule has 0 aromatic heterocycles. The van der Waals surface area contributed by atoms with E-state index < -0.39 is 5.97 Å².